The van der Waals surface area contributed by atoms with Gasteiger partial charge in [0.1, 0.15) is 0 Å². The summed E-state index contributed by atoms with van der Waals surface area (Å²) in [5.74, 6) is 1.33. The van der Waals surface area contributed by atoms with Crippen LogP contribution in [0.25, 0.3) is 0 Å². The lowest BCUT2D eigenvalue weighted by Gasteiger charge is -2.01. The normalized spacial score (nSPS) is 14.4. The highest BCUT2D eigenvalue weighted by atomic mass is 14.0. The van der Waals surface area contributed by atoms with E-state index in [0.29, 0.717) is 11.8 Å². The van der Waals surface area contributed by atoms with Crippen molar-refractivity contribution in [3.8, 4) is 0 Å². The van der Waals surface area contributed by atoms with Crippen LogP contribution < -0.4 is 0 Å². The van der Waals surface area contributed by atoms with Crippen molar-refractivity contribution in [3.63, 3.8) is 0 Å². The topological polar surface area (TPSA) is 0 Å². The minimum atomic E-state index is 0.653. The van der Waals surface area contributed by atoms with Gasteiger partial charge >= 0.3 is 0 Å². The third-order valence-electron chi connectivity index (χ3n) is 1.36. The Balaban J connectivity index is 3.54. The molecule has 0 fully saturated rings. The van der Waals surface area contributed by atoms with Gasteiger partial charge in [-0.3, -0.25) is 0 Å². The van der Waals surface area contributed by atoms with Crippen LogP contribution in [0.5, 0.6) is 0 Å². The summed E-state index contributed by atoms with van der Waals surface area (Å²) >= 11 is 0. The van der Waals surface area contributed by atoms with Crippen molar-refractivity contribution in [2.45, 2.75) is 27.2 Å². The lowest BCUT2D eigenvalue weighted by atomic mass is 10.1. The minimum Gasteiger partial charge on any atom is -0.103 e. The Labute approximate surface area is 64.6 Å². The van der Waals surface area contributed by atoms with Gasteiger partial charge in [-0.05, 0) is 18.3 Å². The van der Waals surface area contributed by atoms with E-state index in [-0.39, 0.29) is 0 Å². The van der Waals surface area contributed by atoms with E-state index < -0.39 is 0 Å². The summed E-state index contributed by atoms with van der Waals surface area (Å²) in [5, 5.41) is 0. The van der Waals surface area contributed by atoms with E-state index in [9.17, 15) is 0 Å². The van der Waals surface area contributed by atoms with E-state index in [1.165, 1.54) is 0 Å². The molecule has 0 heterocycles. The molecule has 1 unspecified atom stereocenters. The van der Waals surface area contributed by atoms with E-state index in [1.807, 2.05) is 6.08 Å². The highest BCUT2D eigenvalue weighted by Crippen LogP contribution is 2.05. The molecule has 0 rings (SSSR count). The smallest absolute Gasteiger partial charge is 0.0227 e. The molecular formula is C10H18. The Bertz CT molecular complexity index is 109. The molecule has 10 heavy (non-hydrogen) atoms. The average Bonchev–Trinajstić information content (AvgIpc) is 1.85. The minimum absolute atomic E-state index is 0.653. The highest BCUT2D eigenvalue weighted by molar-refractivity contribution is 4.91. The standard InChI is InChI=1S/C10H18/c1-5-6-10(4)8-7-9(2)3/h5,7-10H,1,6H2,2-4H3/b8-7+. The van der Waals surface area contributed by atoms with Crippen molar-refractivity contribution in [1.29, 1.82) is 0 Å². The predicted molar refractivity (Wildman–Crippen MR) is 48.0 cm³/mol. The van der Waals surface area contributed by atoms with Gasteiger partial charge in [0, 0.05) is 0 Å². The van der Waals surface area contributed by atoms with Crippen LogP contribution in [0.3, 0.4) is 0 Å². The zero-order valence-corrected chi connectivity index (χ0v) is 7.30. The highest BCUT2D eigenvalue weighted by Gasteiger charge is 1.91. The van der Waals surface area contributed by atoms with Crippen LogP contribution in [0.15, 0.2) is 24.8 Å². The molecule has 0 aromatic heterocycles. The Morgan fingerprint density at radius 3 is 2.20 bits per heavy atom. The Morgan fingerprint density at radius 1 is 1.20 bits per heavy atom. The van der Waals surface area contributed by atoms with Gasteiger partial charge in [-0.15, -0.1) is 6.58 Å². The summed E-state index contributed by atoms with van der Waals surface area (Å²) in [5.41, 5.74) is 0. The fourth-order valence-electron chi connectivity index (χ4n) is 0.753. The number of allylic oxidation sites excluding steroid dienone is 3. The van der Waals surface area contributed by atoms with Crippen LogP contribution in [0, 0.1) is 11.8 Å². The lowest BCUT2D eigenvalue weighted by Crippen LogP contribution is -1.87. The molecule has 0 radical (unpaired) electrons. The molecule has 0 aromatic rings. The van der Waals surface area contributed by atoms with Crippen LogP contribution in [0.2, 0.25) is 0 Å². The molecule has 0 saturated carbocycles. The third-order valence-corrected chi connectivity index (χ3v) is 1.36. The second-order valence-corrected chi connectivity index (χ2v) is 3.13. The van der Waals surface area contributed by atoms with Crippen molar-refractivity contribution >= 4 is 0 Å². The zero-order chi connectivity index (χ0) is 7.98. The Morgan fingerprint density at radius 2 is 1.80 bits per heavy atom. The number of hydrogen-bond donors (Lipinski definition) is 0. The molecular weight excluding hydrogens is 120 g/mol. The second-order valence-electron chi connectivity index (χ2n) is 3.13. The Hall–Kier alpha value is -0.520. The van der Waals surface area contributed by atoms with Crippen LogP contribution in [0.4, 0.5) is 0 Å². The number of rotatable bonds is 4. The zero-order valence-electron chi connectivity index (χ0n) is 7.30. The van der Waals surface area contributed by atoms with Crippen LogP contribution >= 0.6 is 0 Å². The molecule has 0 heteroatoms. The molecule has 0 nitrogen and oxygen atoms in total. The van der Waals surface area contributed by atoms with Crippen molar-refractivity contribution in [3.05, 3.63) is 24.8 Å². The number of hydrogen-bond acceptors (Lipinski definition) is 0. The molecule has 0 bridgehead atoms. The summed E-state index contributed by atoms with van der Waals surface area (Å²) in [4.78, 5) is 0. The van der Waals surface area contributed by atoms with Crippen molar-refractivity contribution in [2.24, 2.45) is 11.8 Å². The van der Waals surface area contributed by atoms with Crippen LogP contribution in [-0.2, 0) is 0 Å². The monoisotopic (exact) mass is 138 g/mol. The molecule has 0 saturated heterocycles. The first-order valence-corrected chi connectivity index (χ1v) is 3.96. The fraction of sp³-hybridized carbons (Fsp3) is 0.600. The SMILES string of the molecule is C=CCC(C)/C=C/C(C)C. The van der Waals surface area contributed by atoms with Gasteiger partial charge in [-0.2, -0.15) is 0 Å². The van der Waals surface area contributed by atoms with Gasteiger partial charge in [0.05, 0.1) is 0 Å². The van der Waals surface area contributed by atoms with Gasteiger partial charge in [0.25, 0.3) is 0 Å². The average molecular weight is 138 g/mol. The molecule has 0 spiro atoms. The predicted octanol–water partition coefficient (Wildman–Crippen LogP) is 3.41. The first-order valence-electron chi connectivity index (χ1n) is 3.96. The molecule has 0 aliphatic rings. The van der Waals surface area contributed by atoms with E-state index >= 15 is 0 Å². The quantitative estimate of drug-likeness (QED) is 0.522. The first kappa shape index (κ1) is 9.48. The van der Waals surface area contributed by atoms with Crippen molar-refractivity contribution in [1.82, 2.24) is 0 Å². The molecule has 0 aliphatic heterocycles. The van der Waals surface area contributed by atoms with E-state index in [0.717, 1.165) is 6.42 Å². The first-order chi connectivity index (χ1) is 4.66. The van der Waals surface area contributed by atoms with Gasteiger partial charge in [0.2, 0.25) is 0 Å². The second kappa shape index (κ2) is 5.28. The molecule has 0 N–H and O–H groups in total. The largest absolute Gasteiger partial charge is 0.103 e. The molecule has 0 aliphatic carbocycles. The third kappa shape index (κ3) is 5.61. The maximum Gasteiger partial charge on any atom is -0.0227 e. The van der Waals surface area contributed by atoms with Gasteiger partial charge in [-0.1, -0.05) is 39.0 Å². The fourth-order valence-corrected chi connectivity index (χ4v) is 0.753. The van der Waals surface area contributed by atoms with E-state index in [1.54, 1.807) is 0 Å². The Kier molecular flexibility index (Phi) is 5.00. The maximum atomic E-state index is 3.69. The molecule has 1 atom stereocenters. The van der Waals surface area contributed by atoms with Crippen LogP contribution in [0.1, 0.15) is 27.2 Å². The summed E-state index contributed by atoms with van der Waals surface area (Å²) in [6.45, 7) is 10.3. The van der Waals surface area contributed by atoms with Gasteiger partial charge < -0.3 is 0 Å². The summed E-state index contributed by atoms with van der Waals surface area (Å²) < 4.78 is 0. The van der Waals surface area contributed by atoms with Crippen molar-refractivity contribution < 1.29 is 0 Å². The van der Waals surface area contributed by atoms with E-state index in [2.05, 4.69) is 39.5 Å². The van der Waals surface area contributed by atoms with Crippen molar-refractivity contribution in [2.75, 3.05) is 0 Å². The van der Waals surface area contributed by atoms with Gasteiger partial charge in [0.15, 0.2) is 0 Å². The summed E-state index contributed by atoms with van der Waals surface area (Å²) in [6.07, 6.45) is 7.55. The maximum absolute atomic E-state index is 3.69. The summed E-state index contributed by atoms with van der Waals surface area (Å²) in [7, 11) is 0. The molecule has 0 aromatic carbocycles. The van der Waals surface area contributed by atoms with E-state index in [4.69, 9.17) is 0 Å². The summed E-state index contributed by atoms with van der Waals surface area (Å²) in [6, 6.07) is 0. The lowest BCUT2D eigenvalue weighted by molar-refractivity contribution is 0.725. The van der Waals surface area contributed by atoms with Gasteiger partial charge in [-0.25, -0.2) is 0 Å². The molecule has 58 valence electrons. The van der Waals surface area contributed by atoms with Crippen LogP contribution in [-0.4, -0.2) is 0 Å². The molecule has 0 amide bonds.